The molecule has 2 aromatic rings. The van der Waals surface area contributed by atoms with Gasteiger partial charge >= 0.3 is 0 Å². The summed E-state index contributed by atoms with van der Waals surface area (Å²) in [5, 5.41) is 9.62. The lowest BCUT2D eigenvalue weighted by Crippen LogP contribution is -2.14. The van der Waals surface area contributed by atoms with Crippen molar-refractivity contribution in [2.75, 3.05) is 4.72 Å². The summed E-state index contributed by atoms with van der Waals surface area (Å²) in [4.78, 5) is 0.0518. The molecule has 0 atom stereocenters. The molecule has 0 heterocycles. The highest BCUT2D eigenvalue weighted by Crippen LogP contribution is 2.30. The van der Waals surface area contributed by atoms with E-state index in [9.17, 15) is 8.42 Å². The third kappa shape index (κ3) is 3.98. The summed E-state index contributed by atoms with van der Waals surface area (Å²) in [6.45, 7) is -0.236. The standard InChI is InChI=1S/C13H10Br2ClNO3S/c14-10-3-1-8(7-18)5-13(10)21(19,20)17-12-4-2-9(16)6-11(12)15/h1-6,17-18H,7H2. The summed E-state index contributed by atoms with van der Waals surface area (Å²) in [5.41, 5.74) is 0.884. The van der Waals surface area contributed by atoms with Gasteiger partial charge in [0.15, 0.2) is 0 Å². The number of benzene rings is 2. The van der Waals surface area contributed by atoms with Crippen LogP contribution in [-0.4, -0.2) is 13.5 Å². The Hall–Kier alpha value is -0.600. The molecule has 0 unspecified atom stereocenters. The highest BCUT2D eigenvalue weighted by molar-refractivity contribution is 9.11. The minimum Gasteiger partial charge on any atom is -0.392 e. The number of aliphatic hydroxyl groups excluding tert-OH is 1. The Morgan fingerprint density at radius 1 is 1.10 bits per heavy atom. The van der Waals surface area contributed by atoms with Gasteiger partial charge in [0.2, 0.25) is 0 Å². The average molecular weight is 456 g/mol. The van der Waals surface area contributed by atoms with Crippen molar-refractivity contribution in [3.8, 4) is 0 Å². The number of aliphatic hydroxyl groups is 1. The molecule has 112 valence electrons. The first-order valence-corrected chi connectivity index (χ1v) is 9.15. The predicted octanol–water partition coefficient (Wildman–Crippen LogP) is 4.16. The van der Waals surface area contributed by atoms with Crippen molar-refractivity contribution in [3.05, 3.63) is 55.9 Å². The second kappa shape index (κ2) is 6.66. The van der Waals surface area contributed by atoms with Gasteiger partial charge in [0, 0.05) is 14.0 Å². The highest BCUT2D eigenvalue weighted by Gasteiger charge is 2.19. The molecule has 0 saturated carbocycles. The maximum atomic E-state index is 12.5. The molecule has 0 amide bonds. The Bertz CT molecular complexity index is 781. The fourth-order valence-corrected chi connectivity index (χ4v) is 4.63. The number of sulfonamides is 1. The number of halogens is 3. The number of hydrogen-bond acceptors (Lipinski definition) is 3. The van der Waals surface area contributed by atoms with Crippen LogP contribution in [0.1, 0.15) is 5.56 Å². The van der Waals surface area contributed by atoms with Gasteiger partial charge in [0.1, 0.15) is 4.90 Å². The SMILES string of the molecule is O=S(=O)(Nc1ccc(Cl)cc1Br)c1cc(CO)ccc1Br. The minimum atomic E-state index is -3.79. The van der Waals surface area contributed by atoms with Crippen LogP contribution in [0.5, 0.6) is 0 Å². The first-order valence-electron chi connectivity index (χ1n) is 5.70. The predicted molar refractivity (Wildman–Crippen MR) is 90.0 cm³/mol. The smallest absolute Gasteiger partial charge is 0.263 e. The van der Waals surface area contributed by atoms with E-state index in [1.54, 1.807) is 30.3 Å². The summed E-state index contributed by atoms with van der Waals surface area (Å²) >= 11 is 12.3. The van der Waals surface area contributed by atoms with Crippen LogP contribution in [0.4, 0.5) is 5.69 Å². The molecule has 2 rings (SSSR count). The molecule has 0 aliphatic carbocycles. The van der Waals surface area contributed by atoms with E-state index in [1.807, 2.05) is 0 Å². The molecular formula is C13H10Br2ClNO3S. The van der Waals surface area contributed by atoms with Gasteiger partial charge in [0.25, 0.3) is 10.0 Å². The number of hydrogen-bond donors (Lipinski definition) is 2. The molecule has 0 spiro atoms. The van der Waals surface area contributed by atoms with Crippen LogP contribution in [0, 0.1) is 0 Å². The molecule has 0 bridgehead atoms. The van der Waals surface area contributed by atoms with Gasteiger partial charge < -0.3 is 5.11 Å². The lowest BCUT2D eigenvalue weighted by Gasteiger charge is -2.12. The third-order valence-electron chi connectivity index (χ3n) is 2.64. The van der Waals surface area contributed by atoms with Crippen LogP contribution >= 0.6 is 43.5 Å². The Morgan fingerprint density at radius 3 is 2.43 bits per heavy atom. The van der Waals surface area contributed by atoms with Gasteiger partial charge in [-0.15, -0.1) is 0 Å². The van der Waals surface area contributed by atoms with Gasteiger partial charge in [-0.1, -0.05) is 17.7 Å². The van der Waals surface area contributed by atoms with Crippen molar-refractivity contribution in [1.29, 1.82) is 0 Å². The zero-order valence-corrected chi connectivity index (χ0v) is 15.2. The third-order valence-corrected chi connectivity index (χ3v) is 5.89. The van der Waals surface area contributed by atoms with Gasteiger partial charge in [-0.25, -0.2) is 8.42 Å². The van der Waals surface area contributed by atoms with Crippen LogP contribution < -0.4 is 4.72 Å². The molecule has 2 aromatic carbocycles. The largest absolute Gasteiger partial charge is 0.392 e. The van der Waals surface area contributed by atoms with Gasteiger partial charge in [-0.3, -0.25) is 4.72 Å². The first-order chi connectivity index (χ1) is 9.83. The van der Waals surface area contributed by atoms with Crippen molar-refractivity contribution < 1.29 is 13.5 Å². The fraction of sp³-hybridized carbons (Fsp3) is 0.0769. The maximum Gasteiger partial charge on any atom is 0.263 e. The Morgan fingerprint density at radius 2 is 1.81 bits per heavy atom. The maximum absolute atomic E-state index is 12.5. The lowest BCUT2D eigenvalue weighted by molar-refractivity contribution is 0.281. The quantitative estimate of drug-likeness (QED) is 0.728. The highest BCUT2D eigenvalue weighted by atomic mass is 79.9. The molecule has 8 heteroatoms. The normalized spacial score (nSPS) is 11.4. The van der Waals surface area contributed by atoms with Crippen LogP contribution in [0.3, 0.4) is 0 Å². The van der Waals surface area contributed by atoms with E-state index < -0.39 is 10.0 Å². The number of rotatable bonds is 4. The van der Waals surface area contributed by atoms with E-state index in [1.165, 1.54) is 6.07 Å². The molecule has 21 heavy (non-hydrogen) atoms. The van der Waals surface area contributed by atoms with Crippen molar-refractivity contribution in [1.82, 2.24) is 0 Å². The van der Waals surface area contributed by atoms with Crippen molar-refractivity contribution in [2.24, 2.45) is 0 Å². The zero-order chi connectivity index (χ0) is 15.6. The Labute approximate surface area is 144 Å². The number of nitrogens with one attached hydrogen (secondary N) is 1. The van der Waals surface area contributed by atoms with Crippen LogP contribution in [0.15, 0.2) is 50.2 Å². The van der Waals surface area contributed by atoms with E-state index >= 15 is 0 Å². The second-order valence-corrected chi connectivity index (χ2v) is 7.95. The van der Waals surface area contributed by atoms with E-state index in [2.05, 4.69) is 36.6 Å². The van der Waals surface area contributed by atoms with Crippen molar-refractivity contribution in [3.63, 3.8) is 0 Å². The Balaban J connectivity index is 2.43. The van der Waals surface area contributed by atoms with E-state index in [4.69, 9.17) is 16.7 Å². The van der Waals surface area contributed by atoms with Crippen molar-refractivity contribution >= 4 is 59.2 Å². The van der Waals surface area contributed by atoms with E-state index in [0.29, 0.717) is 25.2 Å². The molecule has 0 saturated heterocycles. The Kier molecular flexibility index (Phi) is 5.32. The summed E-state index contributed by atoms with van der Waals surface area (Å²) < 4.78 is 28.3. The summed E-state index contributed by atoms with van der Waals surface area (Å²) in [7, 11) is -3.79. The minimum absolute atomic E-state index is 0.0518. The van der Waals surface area contributed by atoms with Gasteiger partial charge in [-0.05, 0) is 67.8 Å². The fourth-order valence-electron chi connectivity index (χ4n) is 1.62. The molecule has 0 fully saturated rings. The zero-order valence-electron chi connectivity index (χ0n) is 10.5. The molecule has 0 aliphatic rings. The molecule has 0 radical (unpaired) electrons. The molecule has 4 nitrogen and oxygen atoms in total. The van der Waals surface area contributed by atoms with E-state index in [-0.39, 0.29) is 11.5 Å². The summed E-state index contributed by atoms with van der Waals surface area (Å²) in [5.74, 6) is 0. The summed E-state index contributed by atoms with van der Waals surface area (Å²) in [6, 6.07) is 9.38. The van der Waals surface area contributed by atoms with Crippen LogP contribution in [0.25, 0.3) is 0 Å². The second-order valence-electron chi connectivity index (χ2n) is 4.15. The number of anilines is 1. The van der Waals surface area contributed by atoms with Gasteiger partial charge in [-0.2, -0.15) is 0 Å². The monoisotopic (exact) mass is 453 g/mol. The van der Waals surface area contributed by atoms with Crippen LogP contribution in [0.2, 0.25) is 5.02 Å². The lowest BCUT2D eigenvalue weighted by atomic mass is 10.2. The topological polar surface area (TPSA) is 66.4 Å². The van der Waals surface area contributed by atoms with Crippen LogP contribution in [-0.2, 0) is 16.6 Å². The van der Waals surface area contributed by atoms with E-state index in [0.717, 1.165) is 0 Å². The molecule has 0 aliphatic heterocycles. The van der Waals surface area contributed by atoms with Gasteiger partial charge in [0.05, 0.1) is 12.3 Å². The molecule has 2 N–H and O–H groups in total. The first kappa shape index (κ1) is 16.8. The molecular weight excluding hydrogens is 445 g/mol. The average Bonchev–Trinajstić information content (AvgIpc) is 2.42. The molecule has 0 aromatic heterocycles. The van der Waals surface area contributed by atoms with Crippen molar-refractivity contribution in [2.45, 2.75) is 11.5 Å². The summed E-state index contributed by atoms with van der Waals surface area (Å²) in [6.07, 6.45) is 0.